The molecule has 1 aliphatic rings. The average Bonchev–Trinajstić information content (AvgIpc) is 2.29. The zero-order valence-electron chi connectivity index (χ0n) is 10.3. The van der Waals surface area contributed by atoms with E-state index in [9.17, 15) is 0 Å². The van der Waals surface area contributed by atoms with Crippen molar-refractivity contribution in [3.63, 3.8) is 0 Å². The summed E-state index contributed by atoms with van der Waals surface area (Å²) in [6.07, 6.45) is 3.80. The lowest BCUT2D eigenvalue weighted by Gasteiger charge is -2.36. The smallest absolute Gasteiger partial charge is 0.0336 e. The summed E-state index contributed by atoms with van der Waals surface area (Å²) in [4.78, 5) is 6.69. The Balaban J connectivity index is 0.00000128. The summed E-state index contributed by atoms with van der Waals surface area (Å²) in [5, 5.41) is 3.46. The van der Waals surface area contributed by atoms with E-state index in [4.69, 9.17) is 0 Å². The molecule has 0 aliphatic carbocycles. The number of nitrogens with one attached hydrogen (secondary N) is 1. The van der Waals surface area contributed by atoms with Gasteiger partial charge in [0.25, 0.3) is 0 Å². The van der Waals surface area contributed by atoms with Gasteiger partial charge in [-0.15, -0.1) is 24.8 Å². The van der Waals surface area contributed by atoms with Gasteiger partial charge in [-0.2, -0.15) is 0 Å². The molecule has 1 N–H and O–H groups in total. The van der Waals surface area contributed by atoms with E-state index >= 15 is 0 Å². The van der Waals surface area contributed by atoms with Crippen LogP contribution in [-0.4, -0.2) is 35.6 Å². The van der Waals surface area contributed by atoms with Crippen LogP contribution >= 0.6 is 24.8 Å². The number of hydrogen-bond donors (Lipinski definition) is 1. The third-order valence-corrected chi connectivity index (χ3v) is 3.11. The first-order valence-corrected chi connectivity index (χ1v) is 5.64. The number of halogens is 2. The van der Waals surface area contributed by atoms with E-state index in [0.29, 0.717) is 12.1 Å². The first-order chi connectivity index (χ1) is 7.27. The van der Waals surface area contributed by atoms with Gasteiger partial charge < -0.3 is 5.32 Å². The van der Waals surface area contributed by atoms with Crippen LogP contribution in [0.5, 0.6) is 0 Å². The van der Waals surface area contributed by atoms with E-state index in [1.807, 2.05) is 18.5 Å². The number of aromatic nitrogens is 1. The first-order valence-electron chi connectivity index (χ1n) is 5.64. The van der Waals surface area contributed by atoms with Crippen LogP contribution < -0.4 is 5.32 Å². The predicted octanol–water partition coefficient (Wildman–Crippen LogP) is 2.28. The summed E-state index contributed by atoms with van der Waals surface area (Å²) < 4.78 is 0. The molecule has 3 nitrogen and oxygen atoms in total. The highest BCUT2D eigenvalue weighted by Gasteiger charge is 2.21. The van der Waals surface area contributed by atoms with Crippen LogP contribution in [-0.2, 0) is 0 Å². The Labute approximate surface area is 116 Å². The van der Waals surface area contributed by atoms with Gasteiger partial charge in [0, 0.05) is 44.1 Å². The molecule has 5 heteroatoms. The number of hydrogen-bond acceptors (Lipinski definition) is 3. The topological polar surface area (TPSA) is 28.2 Å². The zero-order chi connectivity index (χ0) is 10.7. The fourth-order valence-corrected chi connectivity index (χ4v) is 2.15. The van der Waals surface area contributed by atoms with Gasteiger partial charge >= 0.3 is 0 Å². The van der Waals surface area contributed by atoms with Crippen LogP contribution in [0, 0.1) is 0 Å². The lowest BCUT2D eigenvalue weighted by molar-refractivity contribution is 0.158. The van der Waals surface area contributed by atoms with Crippen molar-refractivity contribution < 1.29 is 0 Å². The standard InChI is InChI=1S/C12H19N3.2ClH/c1-10-9-15(7-6-14-10)11(2)12-4-3-5-13-8-12;;/h3-5,8,10-11,14H,6-7,9H2,1-2H3;2*1H. The molecule has 0 spiro atoms. The molecule has 2 heterocycles. The highest BCUT2D eigenvalue weighted by molar-refractivity contribution is 5.85. The molecule has 0 bridgehead atoms. The Bertz CT molecular complexity index is 308. The van der Waals surface area contributed by atoms with E-state index in [1.54, 1.807) is 0 Å². The van der Waals surface area contributed by atoms with E-state index in [0.717, 1.165) is 19.6 Å². The third kappa shape index (κ3) is 4.43. The number of piperazine rings is 1. The summed E-state index contributed by atoms with van der Waals surface area (Å²) in [5.74, 6) is 0. The minimum atomic E-state index is 0. The lowest BCUT2D eigenvalue weighted by Crippen LogP contribution is -2.49. The second-order valence-corrected chi connectivity index (χ2v) is 4.31. The molecular weight excluding hydrogens is 257 g/mol. The minimum absolute atomic E-state index is 0. The molecule has 1 fully saturated rings. The quantitative estimate of drug-likeness (QED) is 0.899. The van der Waals surface area contributed by atoms with Gasteiger partial charge in [-0.25, -0.2) is 0 Å². The Morgan fingerprint density at radius 2 is 2.24 bits per heavy atom. The Kier molecular flexibility index (Phi) is 7.71. The van der Waals surface area contributed by atoms with Crippen molar-refractivity contribution in [1.29, 1.82) is 0 Å². The van der Waals surface area contributed by atoms with Crippen LogP contribution in [0.2, 0.25) is 0 Å². The molecular formula is C12H21Cl2N3. The number of rotatable bonds is 2. The average molecular weight is 278 g/mol. The highest BCUT2D eigenvalue weighted by Crippen LogP contribution is 2.19. The summed E-state index contributed by atoms with van der Waals surface area (Å²) in [7, 11) is 0. The van der Waals surface area contributed by atoms with Gasteiger partial charge in [-0.1, -0.05) is 6.07 Å². The van der Waals surface area contributed by atoms with Crippen molar-refractivity contribution >= 4 is 24.8 Å². The number of nitrogens with zero attached hydrogens (tertiary/aromatic N) is 2. The maximum atomic E-state index is 4.18. The summed E-state index contributed by atoms with van der Waals surface area (Å²) in [6, 6.07) is 5.24. The Morgan fingerprint density at radius 1 is 1.47 bits per heavy atom. The molecule has 0 saturated carbocycles. The summed E-state index contributed by atoms with van der Waals surface area (Å²) >= 11 is 0. The fraction of sp³-hybridized carbons (Fsp3) is 0.583. The van der Waals surface area contributed by atoms with Gasteiger partial charge in [0.05, 0.1) is 0 Å². The van der Waals surface area contributed by atoms with Crippen molar-refractivity contribution in [1.82, 2.24) is 15.2 Å². The second kappa shape index (κ2) is 7.88. The predicted molar refractivity (Wildman–Crippen MR) is 76.2 cm³/mol. The molecule has 98 valence electrons. The van der Waals surface area contributed by atoms with Gasteiger partial charge in [0.1, 0.15) is 0 Å². The summed E-state index contributed by atoms with van der Waals surface area (Å²) in [5.41, 5.74) is 1.31. The molecule has 2 atom stereocenters. The third-order valence-electron chi connectivity index (χ3n) is 3.11. The molecule has 1 aromatic rings. The van der Waals surface area contributed by atoms with Crippen LogP contribution in [0.15, 0.2) is 24.5 Å². The maximum Gasteiger partial charge on any atom is 0.0336 e. The second-order valence-electron chi connectivity index (χ2n) is 4.31. The minimum Gasteiger partial charge on any atom is -0.312 e. The molecule has 1 aliphatic heterocycles. The SMILES string of the molecule is CC1CN(C(C)c2cccnc2)CCN1.Cl.Cl. The Morgan fingerprint density at radius 3 is 2.82 bits per heavy atom. The van der Waals surface area contributed by atoms with Gasteiger partial charge in [0.2, 0.25) is 0 Å². The Hall–Kier alpha value is -0.350. The largest absolute Gasteiger partial charge is 0.312 e. The van der Waals surface area contributed by atoms with Crippen molar-refractivity contribution in [3.8, 4) is 0 Å². The summed E-state index contributed by atoms with van der Waals surface area (Å²) in [6.45, 7) is 7.83. The molecule has 0 amide bonds. The molecule has 2 unspecified atom stereocenters. The van der Waals surface area contributed by atoms with E-state index in [-0.39, 0.29) is 24.8 Å². The van der Waals surface area contributed by atoms with Crippen molar-refractivity contribution in [3.05, 3.63) is 30.1 Å². The monoisotopic (exact) mass is 277 g/mol. The van der Waals surface area contributed by atoms with Crippen LogP contribution in [0.3, 0.4) is 0 Å². The zero-order valence-corrected chi connectivity index (χ0v) is 11.9. The first kappa shape index (κ1) is 16.6. The fourth-order valence-electron chi connectivity index (χ4n) is 2.15. The molecule has 17 heavy (non-hydrogen) atoms. The normalized spacial score (nSPS) is 22.1. The molecule has 2 rings (SSSR count). The van der Waals surface area contributed by atoms with Crippen molar-refractivity contribution in [2.45, 2.75) is 25.9 Å². The van der Waals surface area contributed by atoms with Gasteiger partial charge in [0.15, 0.2) is 0 Å². The number of pyridine rings is 1. The van der Waals surface area contributed by atoms with Gasteiger partial charge in [-0.05, 0) is 25.5 Å². The maximum absolute atomic E-state index is 4.18. The highest BCUT2D eigenvalue weighted by atomic mass is 35.5. The van der Waals surface area contributed by atoms with Crippen LogP contribution in [0.1, 0.15) is 25.5 Å². The van der Waals surface area contributed by atoms with Gasteiger partial charge in [-0.3, -0.25) is 9.88 Å². The van der Waals surface area contributed by atoms with Crippen LogP contribution in [0.25, 0.3) is 0 Å². The van der Waals surface area contributed by atoms with E-state index in [1.165, 1.54) is 5.56 Å². The lowest BCUT2D eigenvalue weighted by atomic mass is 10.1. The van der Waals surface area contributed by atoms with E-state index < -0.39 is 0 Å². The van der Waals surface area contributed by atoms with Crippen molar-refractivity contribution in [2.24, 2.45) is 0 Å². The molecule has 1 aromatic heterocycles. The molecule has 0 radical (unpaired) electrons. The molecule has 1 saturated heterocycles. The van der Waals surface area contributed by atoms with Crippen LogP contribution in [0.4, 0.5) is 0 Å². The van der Waals surface area contributed by atoms with Crippen molar-refractivity contribution in [2.75, 3.05) is 19.6 Å². The van der Waals surface area contributed by atoms with E-state index in [2.05, 4.69) is 35.1 Å². The molecule has 0 aromatic carbocycles.